The number of methoxy groups -OCH3 is 1. The van der Waals surface area contributed by atoms with Gasteiger partial charge in [0.2, 0.25) is 0 Å². The lowest BCUT2D eigenvalue weighted by Gasteiger charge is -2.26. The van der Waals surface area contributed by atoms with Gasteiger partial charge in [0, 0.05) is 4.43 Å². The molecule has 0 unspecified atom stereocenters. The van der Waals surface area contributed by atoms with E-state index in [1.165, 1.54) is 7.11 Å². The van der Waals surface area contributed by atoms with Crippen LogP contribution in [0.1, 0.15) is 12.0 Å². The molecule has 92 valence electrons. The van der Waals surface area contributed by atoms with Crippen molar-refractivity contribution in [3.05, 3.63) is 35.9 Å². The second kappa shape index (κ2) is 5.35. The molecule has 0 aliphatic carbocycles. The van der Waals surface area contributed by atoms with Crippen LogP contribution in [0.2, 0.25) is 0 Å². The highest BCUT2D eigenvalue weighted by atomic mass is 127. The van der Waals surface area contributed by atoms with E-state index >= 15 is 0 Å². The quantitative estimate of drug-likeness (QED) is 0.479. The third-order valence-electron chi connectivity index (χ3n) is 3.19. The Labute approximate surface area is 115 Å². The average molecular weight is 346 g/mol. The van der Waals surface area contributed by atoms with E-state index in [9.17, 15) is 4.79 Å². The van der Waals surface area contributed by atoms with Crippen molar-refractivity contribution in [2.24, 2.45) is 5.92 Å². The summed E-state index contributed by atoms with van der Waals surface area (Å²) in [6, 6.07) is 10.1. The molecule has 1 aliphatic heterocycles. The molecule has 1 aromatic carbocycles. The predicted octanol–water partition coefficient (Wildman–Crippen LogP) is 2.53. The van der Waals surface area contributed by atoms with Gasteiger partial charge in [-0.25, -0.2) is 0 Å². The Morgan fingerprint density at radius 3 is 2.82 bits per heavy atom. The van der Waals surface area contributed by atoms with Crippen LogP contribution in [0.3, 0.4) is 0 Å². The van der Waals surface area contributed by atoms with E-state index in [-0.39, 0.29) is 17.5 Å². The molecule has 4 heteroatoms. The summed E-state index contributed by atoms with van der Waals surface area (Å²) in [6.45, 7) is 0.449. The zero-order valence-corrected chi connectivity index (χ0v) is 11.8. The lowest BCUT2D eigenvalue weighted by molar-refractivity contribution is -0.145. The Hall–Kier alpha value is -0.620. The second-order valence-electron chi connectivity index (χ2n) is 4.23. The van der Waals surface area contributed by atoms with Crippen LogP contribution in [0.25, 0.3) is 0 Å². The van der Waals surface area contributed by atoms with Gasteiger partial charge in [-0.05, 0) is 12.0 Å². The number of alkyl halides is 1. The molecule has 17 heavy (non-hydrogen) atoms. The van der Waals surface area contributed by atoms with Gasteiger partial charge in [0.25, 0.3) is 0 Å². The summed E-state index contributed by atoms with van der Waals surface area (Å²) in [5.41, 5.74) is 0.807. The van der Waals surface area contributed by atoms with E-state index in [0.29, 0.717) is 13.0 Å². The molecule has 0 bridgehead atoms. The maximum atomic E-state index is 11.5. The molecule has 2 atom stereocenters. The largest absolute Gasteiger partial charge is 0.469 e. The number of benzene rings is 1. The number of hydrogen-bond donors (Lipinski definition) is 0. The van der Waals surface area contributed by atoms with Crippen molar-refractivity contribution in [2.45, 2.75) is 12.0 Å². The molecule has 1 aliphatic rings. The number of carbonyl (C=O) groups excluding carboxylic acids is 1. The van der Waals surface area contributed by atoms with E-state index in [1.54, 1.807) is 0 Å². The Morgan fingerprint density at radius 2 is 2.24 bits per heavy atom. The average Bonchev–Trinajstić information content (AvgIpc) is 2.84. The zero-order valence-electron chi connectivity index (χ0n) is 9.69. The minimum absolute atomic E-state index is 0.144. The van der Waals surface area contributed by atoms with Gasteiger partial charge in [-0.1, -0.05) is 52.9 Å². The predicted molar refractivity (Wildman–Crippen MR) is 73.1 cm³/mol. The van der Waals surface area contributed by atoms with Crippen molar-refractivity contribution in [3.8, 4) is 0 Å². The lowest BCUT2D eigenvalue weighted by Crippen LogP contribution is -2.27. The fourth-order valence-electron chi connectivity index (χ4n) is 2.21. The first-order valence-electron chi connectivity index (χ1n) is 5.55. The van der Waals surface area contributed by atoms with Gasteiger partial charge in [0.1, 0.15) is 5.60 Å². The van der Waals surface area contributed by atoms with Crippen LogP contribution >= 0.6 is 22.6 Å². The van der Waals surface area contributed by atoms with Gasteiger partial charge in [-0.15, -0.1) is 0 Å². The number of esters is 1. The van der Waals surface area contributed by atoms with Gasteiger partial charge in [-0.2, -0.15) is 0 Å². The number of rotatable bonds is 3. The molecule has 0 radical (unpaired) electrons. The van der Waals surface area contributed by atoms with Crippen molar-refractivity contribution in [1.29, 1.82) is 0 Å². The molecule has 0 N–H and O–H groups in total. The zero-order chi connectivity index (χ0) is 12.3. The number of ether oxygens (including phenoxy) is 2. The van der Waals surface area contributed by atoms with Gasteiger partial charge < -0.3 is 9.47 Å². The summed E-state index contributed by atoms with van der Waals surface area (Å²) in [6.07, 6.45) is 0.701. The van der Waals surface area contributed by atoms with E-state index < -0.39 is 0 Å². The summed E-state index contributed by atoms with van der Waals surface area (Å²) in [4.78, 5) is 11.5. The van der Waals surface area contributed by atoms with Gasteiger partial charge in [0.05, 0.1) is 19.6 Å². The topological polar surface area (TPSA) is 35.5 Å². The maximum Gasteiger partial charge on any atom is 0.311 e. The van der Waals surface area contributed by atoms with Crippen molar-refractivity contribution >= 4 is 28.6 Å². The van der Waals surface area contributed by atoms with Gasteiger partial charge in [-0.3, -0.25) is 4.79 Å². The monoisotopic (exact) mass is 346 g/mol. The highest BCUT2D eigenvalue weighted by molar-refractivity contribution is 14.1. The Kier molecular flexibility index (Phi) is 4.04. The molecule has 0 saturated carbocycles. The molecule has 2 rings (SSSR count). The molecule has 0 spiro atoms. The second-order valence-corrected chi connectivity index (χ2v) is 4.99. The SMILES string of the molecule is COC(=O)[C@H]1CO[C@@](CI)(c2ccccc2)C1. The Morgan fingerprint density at radius 1 is 1.53 bits per heavy atom. The van der Waals surface area contributed by atoms with Crippen LogP contribution in [-0.2, 0) is 19.9 Å². The van der Waals surface area contributed by atoms with Crippen molar-refractivity contribution in [3.63, 3.8) is 0 Å². The Balaban J connectivity index is 2.21. The first-order chi connectivity index (χ1) is 8.22. The number of halogens is 1. The van der Waals surface area contributed by atoms with E-state index in [0.717, 1.165) is 9.99 Å². The molecule has 1 fully saturated rings. The highest BCUT2D eigenvalue weighted by Crippen LogP contribution is 2.40. The van der Waals surface area contributed by atoms with Crippen LogP contribution in [0.5, 0.6) is 0 Å². The van der Waals surface area contributed by atoms with Crippen LogP contribution < -0.4 is 0 Å². The van der Waals surface area contributed by atoms with E-state index in [1.807, 2.05) is 18.2 Å². The number of hydrogen-bond acceptors (Lipinski definition) is 3. The molecule has 0 aromatic heterocycles. The fourth-order valence-corrected chi connectivity index (χ4v) is 3.18. The van der Waals surface area contributed by atoms with Crippen LogP contribution in [0.15, 0.2) is 30.3 Å². The minimum Gasteiger partial charge on any atom is -0.469 e. The first-order valence-corrected chi connectivity index (χ1v) is 7.08. The summed E-state index contributed by atoms with van der Waals surface area (Å²) < 4.78 is 11.5. The summed E-state index contributed by atoms with van der Waals surface area (Å²) in [5, 5.41) is 0. The van der Waals surface area contributed by atoms with Crippen LogP contribution in [-0.4, -0.2) is 24.1 Å². The third kappa shape index (κ3) is 2.47. The minimum atomic E-state index is -0.333. The van der Waals surface area contributed by atoms with Crippen molar-refractivity contribution in [1.82, 2.24) is 0 Å². The number of carbonyl (C=O) groups is 1. The normalized spacial score (nSPS) is 28.0. The molecule has 1 aromatic rings. The lowest BCUT2D eigenvalue weighted by atomic mass is 9.89. The standard InChI is InChI=1S/C13H15IO3/c1-16-12(15)10-7-13(9-14,17-8-10)11-5-3-2-4-6-11/h2-6,10H,7-9H2,1H3/t10-,13+/m1/s1. The first kappa shape index (κ1) is 12.8. The Bertz CT molecular complexity index is 393. The molecular weight excluding hydrogens is 331 g/mol. The maximum absolute atomic E-state index is 11.5. The summed E-state index contributed by atoms with van der Waals surface area (Å²) in [5.74, 6) is -0.317. The van der Waals surface area contributed by atoms with Crippen LogP contribution in [0, 0.1) is 5.92 Å². The fraction of sp³-hybridized carbons (Fsp3) is 0.462. The molecular formula is C13H15IO3. The molecule has 1 heterocycles. The van der Waals surface area contributed by atoms with Crippen molar-refractivity contribution in [2.75, 3.05) is 18.1 Å². The molecule has 0 amide bonds. The van der Waals surface area contributed by atoms with Crippen molar-refractivity contribution < 1.29 is 14.3 Å². The van der Waals surface area contributed by atoms with Gasteiger partial charge in [0.15, 0.2) is 0 Å². The molecule has 1 saturated heterocycles. The van der Waals surface area contributed by atoms with Gasteiger partial charge >= 0.3 is 5.97 Å². The summed E-state index contributed by atoms with van der Waals surface area (Å²) in [7, 11) is 1.43. The smallest absolute Gasteiger partial charge is 0.311 e. The highest BCUT2D eigenvalue weighted by Gasteiger charge is 2.44. The summed E-state index contributed by atoms with van der Waals surface area (Å²) >= 11 is 2.31. The third-order valence-corrected chi connectivity index (χ3v) is 4.42. The van der Waals surface area contributed by atoms with E-state index in [4.69, 9.17) is 9.47 Å². The van der Waals surface area contributed by atoms with E-state index in [2.05, 4.69) is 34.7 Å². The van der Waals surface area contributed by atoms with Crippen LogP contribution in [0.4, 0.5) is 0 Å². The molecule has 3 nitrogen and oxygen atoms in total.